The van der Waals surface area contributed by atoms with Crippen molar-refractivity contribution in [3.05, 3.63) is 47.4 Å². The number of nitrogens with zero attached hydrogens (tertiary/aromatic N) is 1. The van der Waals surface area contributed by atoms with E-state index >= 15 is 0 Å². The summed E-state index contributed by atoms with van der Waals surface area (Å²) in [6, 6.07) is 7.99. The number of guanidine groups is 1. The molecule has 0 amide bonds. The van der Waals surface area contributed by atoms with Gasteiger partial charge in [-0.25, -0.2) is 4.99 Å². The summed E-state index contributed by atoms with van der Waals surface area (Å²) in [5.41, 5.74) is 2.22. The molecule has 26 heavy (non-hydrogen) atoms. The van der Waals surface area contributed by atoms with E-state index in [1.807, 2.05) is 18.2 Å². The molecule has 1 aromatic carbocycles. The van der Waals surface area contributed by atoms with Crippen LogP contribution in [0.15, 0.2) is 39.9 Å². The average Bonchev–Trinajstić information content (AvgIpc) is 3.26. The summed E-state index contributed by atoms with van der Waals surface area (Å²) in [6.07, 6.45) is 3.64. The second-order valence-electron chi connectivity index (χ2n) is 6.36. The molecule has 0 aliphatic carbocycles. The number of furan rings is 1. The van der Waals surface area contributed by atoms with E-state index in [1.54, 1.807) is 13.4 Å². The first kappa shape index (κ1) is 18.2. The molecule has 0 fully saturated rings. The van der Waals surface area contributed by atoms with Crippen LogP contribution in [0.2, 0.25) is 0 Å². The molecule has 140 valence electrons. The van der Waals surface area contributed by atoms with Gasteiger partial charge in [-0.05, 0) is 38.1 Å². The highest BCUT2D eigenvalue weighted by molar-refractivity contribution is 5.79. The fourth-order valence-electron chi connectivity index (χ4n) is 3.06. The third kappa shape index (κ3) is 4.50. The molecule has 0 saturated carbocycles. The third-order valence-corrected chi connectivity index (χ3v) is 4.29. The zero-order valence-corrected chi connectivity index (χ0v) is 15.7. The molecule has 2 heterocycles. The highest BCUT2D eigenvalue weighted by Gasteiger charge is 2.21. The molecule has 1 unspecified atom stereocenters. The van der Waals surface area contributed by atoms with Gasteiger partial charge in [0.15, 0.2) is 5.96 Å². The Hall–Kier alpha value is -2.63. The Morgan fingerprint density at radius 1 is 1.35 bits per heavy atom. The molecule has 0 spiro atoms. The summed E-state index contributed by atoms with van der Waals surface area (Å²) in [5.74, 6) is 3.53. The maximum Gasteiger partial charge on any atom is 0.191 e. The Morgan fingerprint density at radius 2 is 2.23 bits per heavy atom. The van der Waals surface area contributed by atoms with Crippen molar-refractivity contribution in [3.63, 3.8) is 0 Å². The normalized spacial score (nSPS) is 16.1. The number of hydrogen-bond donors (Lipinski definition) is 2. The number of aliphatic imine (C=N–C) groups is 1. The second-order valence-corrected chi connectivity index (χ2v) is 6.36. The van der Waals surface area contributed by atoms with Gasteiger partial charge in [-0.1, -0.05) is 0 Å². The zero-order chi connectivity index (χ0) is 18.4. The van der Waals surface area contributed by atoms with Crippen LogP contribution in [0.5, 0.6) is 11.5 Å². The van der Waals surface area contributed by atoms with Crippen LogP contribution in [-0.4, -0.2) is 32.3 Å². The van der Waals surface area contributed by atoms with Crippen molar-refractivity contribution in [2.75, 3.05) is 20.2 Å². The first-order valence-electron chi connectivity index (χ1n) is 9.10. The predicted molar refractivity (Wildman–Crippen MR) is 102 cm³/mol. The molecule has 2 N–H and O–H groups in total. The van der Waals surface area contributed by atoms with Gasteiger partial charge in [0.1, 0.15) is 23.4 Å². The van der Waals surface area contributed by atoms with E-state index in [0.717, 1.165) is 54.7 Å². The molecule has 6 heteroatoms. The summed E-state index contributed by atoms with van der Waals surface area (Å²) >= 11 is 0. The Balaban J connectivity index is 1.66. The summed E-state index contributed by atoms with van der Waals surface area (Å²) < 4.78 is 16.8. The van der Waals surface area contributed by atoms with Gasteiger partial charge in [-0.2, -0.15) is 0 Å². The van der Waals surface area contributed by atoms with Crippen molar-refractivity contribution >= 4 is 5.96 Å². The SMILES string of the molecule is CCNC(=NCc1cc2c(cc1OC)CC(C)O2)NCCc1ccco1. The minimum absolute atomic E-state index is 0.217. The van der Waals surface area contributed by atoms with Crippen molar-refractivity contribution in [2.45, 2.75) is 39.3 Å². The molecule has 0 saturated heterocycles. The molecule has 6 nitrogen and oxygen atoms in total. The molecular weight excluding hydrogens is 330 g/mol. The second kappa shape index (κ2) is 8.65. The van der Waals surface area contributed by atoms with E-state index in [-0.39, 0.29) is 6.10 Å². The van der Waals surface area contributed by atoms with Crippen LogP contribution in [0, 0.1) is 0 Å². The average molecular weight is 357 g/mol. The largest absolute Gasteiger partial charge is 0.496 e. The van der Waals surface area contributed by atoms with E-state index in [9.17, 15) is 0 Å². The maximum absolute atomic E-state index is 5.86. The number of methoxy groups -OCH3 is 1. The smallest absolute Gasteiger partial charge is 0.191 e. The molecule has 0 radical (unpaired) electrons. The van der Waals surface area contributed by atoms with Crippen LogP contribution in [0.1, 0.15) is 30.7 Å². The Bertz CT molecular complexity index is 741. The molecule has 1 aromatic heterocycles. The lowest BCUT2D eigenvalue weighted by molar-refractivity contribution is 0.254. The highest BCUT2D eigenvalue weighted by Crippen LogP contribution is 2.35. The summed E-state index contributed by atoms with van der Waals surface area (Å²) in [5, 5.41) is 6.60. The van der Waals surface area contributed by atoms with E-state index in [2.05, 4.69) is 35.5 Å². The van der Waals surface area contributed by atoms with E-state index in [1.165, 1.54) is 5.56 Å². The quantitative estimate of drug-likeness (QED) is 0.589. The molecule has 2 aromatic rings. The minimum Gasteiger partial charge on any atom is -0.496 e. The fraction of sp³-hybridized carbons (Fsp3) is 0.450. The number of benzene rings is 1. The molecule has 1 aliphatic rings. The standard InChI is InChI=1S/C20H27N3O3/c1-4-21-20(22-8-7-17-6-5-9-25-17)23-13-16-12-19-15(10-14(2)26-19)11-18(16)24-3/h5-6,9,11-12,14H,4,7-8,10,13H2,1-3H3,(H2,21,22,23). The molecular formula is C20H27N3O3. The number of rotatable bonds is 7. The third-order valence-electron chi connectivity index (χ3n) is 4.29. The van der Waals surface area contributed by atoms with E-state index < -0.39 is 0 Å². The van der Waals surface area contributed by atoms with Gasteiger partial charge in [-0.15, -0.1) is 0 Å². The monoisotopic (exact) mass is 357 g/mol. The predicted octanol–water partition coefficient (Wildman–Crippen LogP) is 2.91. The lowest BCUT2D eigenvalue weighted by atomic mass is 10.1. The van der Waals surface area contributed by atoms with E-state index in [0.29, 0.717) is 6.54 Å². The minimum atomic E-state index is 0.217. The van der Waals surface area contributed by atoms with Crippen molar-refractivity contribution < 1.29 is 13.9 Å². The Labute approximate surface area is 154 Å². The first-order chi connectivity index (χ1) is 12.7. The van der Waals surface area contributed by atoms with Crippen LogP contribution < -0.4 is 20.1 Å². The Morgan fingerprint density at radius 3 is 2.96 bits per heavy atom. The van der Waals surface area contributed by atoms with Crippen molar-refractivity contribution in [1.82, 2.24) is 10.6 Å². The number of ether oxygens (including phenoxy) is 2. The van der Waals surface area contributed by atoms with Crippen molar-refractivity contribution in [1.29, 1.82) is 0 Å². The van der Waals surface area contributed by atoms with Crippen LogP contribution in [0.3, 0.4) is 0 Å². The topological polar surface area (TPSA) is 68.0 Å². The van der Waals surface area contributed by atoms with Crippen LogP contribution in [0.25, 0.3) is 0 Å². The molecule has 3 rings (SSSR count). The summed E-state index contributed by atoms with van der Waals surface area (Å²) in [4.78, 5) is 4.68. The van der Waals surface area contributed by atoms with Gasteiger partial charge in [0, 0.05) is 37.1 Å². The molecule has 1 aliphatic heterocycles. The molecule has 1 atom stereocenters. The van der Waals surface area contributed by atoms with E-state index in [4.69, 9.17) is 13.9 Å². The van der Waals surface area contributed by atoms with Gasteiger partial charge in [0.25, 0.3) is 0 Å². The van der Waals surface area contributed by atoms with Crippen LogP contribution >= 0.6 is 0 Å². The first-order valence-corrected chi connectivity index (χ1v) is 9.10. The van der Waals surface area contributed by atoms with Crippen LogP contribution in [-0.2, 0) is 19.4 Å². The van der Waals surface area contributed by atoms with Gasteiger partial charge in [0.05, 0.1) is 19.9 Å². The lowest BCUT2D eigenvalue weighted by Crippen LogP contribution is -2.38. The van der Waals surface area contributed by atoms with Gasteiger partial charge < -0.3 is 24.5 Å². The highest BCUT2D eigenvalue weighted by atomic mass is 16.5. The number of hydrogen-bond acceptors (Lipinski definition) is 4. The van der Waals surface area contributed by atoms with Crippen molar-refractivity contribution in [2.24, 2.45) is 4.99 Å². The molecule has 0 bridgehead atoms. The zero-order valence-electron chi connectivity index (χ0n) is 15.7. The van der Waals surface area contributed by atoms with Crippen LogP contribution in [0.4, 0.5) is 0 Å². The van der Waals surface area contributed by atoms with Gasteiger partial charge in [-0.3, -0.25) is 0 Å². The van der Waals surface area contributed by atoms with Gasteiger partial charge >= 0.3 is 0 Å². The fourth-order valence-corrected chi connectivity index (χ4v) is 3.06. The summed E-state index contributed by atoms with van der Waals surface area (Å²) in [6.45, 7) is 6.20. The summed E-state index contributed by atoms with van der Waals surface area (Å²) in [7, 11) is 1.70. The number of fused-ring (bicyclic) bond motifs is 1. The number of nitrogens with one attached hydrogen (secondary N) is 2. The lowest BCUT2D eigenvalue weighted by Gasteiger charge is -2.13. The van der Waals surface area contributed by atoms with Gasteiger partial charge in [0.2, 0.25) is 0 Å². The maximum atomic E-state index is 5.86. The van der Waals surface area contributed by atoms with Crippen molar-refractivity contribution in [3.8, 4) is 11.5 Å². The Kier molecular flexibility index (Phi) is 6.04.